The van der Waals surface area contributed by atoms with Crippen LogP contribution in [0.2, 0.25) is 0 Å². The number of aldehydes is 1. The summed E-state index contributed by atoms with van der Waals surface area (Å²) in [6, 6.07) is 16.9. The highest BCUT2D eigenvalue weighted by molar-refractivity contribution is 7.80. The third-order valence-electron chi connectivity index (χ3n) is 3.29. The standard InChI is InChI=1S/C17H12O2S/c18-10-11-6-13-8-16(19)17(20)9-15(13)14(7-11)12-4-2-1-3-5-12/h1-10,19-20H. The molecule has 0 bridgehead atoms. The molecule has 0 aromatic heterocycles. The van der Waals surface area contributed by atoms with Gasteiger partial charge in [-0.05, 0) is 46.2 Å². The van der Waals surface area contributed by atoms with Gasteiger partial charge in [0, 0.05) is 10.5 Å². The fourth-order valence-corrected chi connectivity index (χ4v) is 2.53. The highest BCUT2D eigenvalue weighted by Crippen LogP contribution is 2.35. The zero-order chi connectivity index (χ0) is 14.1. The van der Waals surface area contributed by atoms with E-state index in [-0.39, 0.29) is 5.75 Å². The van der Waals surface area contributed by atoms with Gasteiger partial charge < -0.3 is 5.11 Å². The molecule has 2 nitrogen and oxygen atoms in total. The summed E-state index contributed by atoms with van der Waals surface area (Å²) < 4.78 is 0. The van der Waals surface area contributed by atoms with Crippen molar-refractivity contribution in [2.75, 3.05) is 0 Å². The van der Waals surface area contributed by atoms with E-state index in [0.29, 0.717) is 10.5 Å². The summed E-state index contributed by atoms with van der Waals surface area (Å²) in [5.74, 6) is 0.114. The van der Waals surface area contributed by atoms with Crippen molar-refractivity contribution in [2.45, 2.75) is 4.90 Å². The predicted octanol–water partition coefficient (Wildman–Crippen LogP) is 4.31. The second-order valence-electron chi connectivity index (χ2n) is 4.61. The monoisotopic (exact) mass is 280 g/mol. The molecule has 0 aliphatic carbocycles. The van der Waals surface area contributed by atoms with Gasteiger partial charge in [0.2, 0.25) is 0 Å². The van der Waals surface area contributed by atoms with Crippen LogP contribution in [-0.4, -0.2) is 11.4 Å². The van der Waals surface area contributed by atoms with Gasteiger partial charge >= 0.3 is 0 Å². The number of hydrogen-bond acceptors (Lipinski definition) is 3. The molecule has 0 fully saturated rings. The van der Waals surface area contributed by atoms with Gasteiger partial charge in [0.05, 0.1) is 0 Å². The van der Waals surface area contributed by atoms with Crippen LogP contribution in [0.1, 0.15) is 10.4 Å². The fourth-order valence-electron chi connectivity index (χ4n) is 2.34. The lowest BCUT2D eigenvalue weighted by atomic mass is 9.96. The summed E-state index contributed by atoms with van der Waals surface area (Å²) in [6.07, 6.45) is 0.817. The Kier molecular flexibility index (Phi) is 3.20. The highest BCUT2D eigenvalue weighted by Gasteiger charge is 2.09. The lowest BCUT2D eigenvalue weighted by Crippen LogP contribution is -1.87. The molecule has 0 saturated heterocycles. The van der Waals surface area contributed by atoms with Crippen molar-refractivity contribution < 1.29 is 9.90 Å². The Labute approximate surface area is 122 Å². The highest BCUT2D eigenvalue weighted by atomic mass is 32.1. The SMILES string of the molecule is O=Cc1cc(-c2ccccc2)c2cc(S)c(O)cc2c1. The van der Waals surface area contributed by atoms with Crippen molar-refractivity contribution in [3.05, 3.63) is 60.2 Å². The third kappa shape index (κ3) is 2.17. The van der Waals surface area contributed by atoms with Crippen LogP contribution in [0.3, 0.4) is 0 Å². The van der Waals surface area contributed by atoms with Crippen LogP contribution >= 0.6 is 12.6 Å². The van der Waals surface area contributed by atoms with Crippen LogP contribution < -0.4 is 0 Å². The number of rotatable bonds is 2. The number of fused-ring (bicyclic) bond motifs is 1. The van der Waals surface area contributed by atoms with Crippen LogP contribution in [0.5, 0.6) is 5.75 Å². The van der Waals surface area contributed by atoms with E-state index in [2.05, 4.69) is 12.6 Å². The first-order chi connectivity index (χ1) is 9.69. The molecule has 0 aliphatic heterocycles. The van der Waals surface area contributed by atoms with Crippen LogP contribution in [0.15, 0.2) is 59.5 Å². The van der Waals surface area contributed by atoms with Gasteiger partial charge in [0.1, 0.15) is 12.0 Å². The molecule has 0 spiro atoms. The number of carbonyl (C=O) groups is 1. The molecule has 0 unspecified atom stereocenters. The number of carbonyl (C=O) groups excluding carboxylic acids is 1. The van der Waals surface area contributed by atoms with Crippen molar-refractivity contribution in [3.63, 3.8) is 0 Å². The minimum atomic E-state index is 0.114. The number of thiol groups is 1. The van der Waals surface area contributed by atoms with Gasteiger partial charge in [-0.2, -0.15) is 0 Å². The molecule has 0 saturated carbocycles. The Balaban J connectivity index is 2.40. The number of aromatic hydroxyl groups is 1. The van der Waals surface area contributed by atoms with Crippen molar-refractivity contribution in [3.8, 4) is 16.9 Å². The first kappa shape index (κ1) is 12.8. The van der Waals surface area contributed by atoms with E-state index < -0.39 is 0 Å². The molecule has 0 heterocycles. The minimum Gasteiger partial charge on any atom is -0.507 e. The quantitative estimate of drug-likeness (QED) is 0.542. The van der Waals surface area contributed by atoms with E-state index >= 15 is 0 Å². The molecule has 3 aromatic carbocycles. The van der Waals surface area contributed by atoms with Gasteiger partial charge in [0.25, 0.3) is 0 Å². The molecule has 0 aliphatic rings. The van der Waals surface area contributed by atoms with E-state index in [0.717, 1.165) is 28.2 Å². The van der Waals surface area contributed by atoms with E-state index in [9.17, 15) is 9.90 Å². The summed E-state index contributed by atoms with van der Waals surface area (Å²) in [5, 5.41) is 11.6. The maximum atomic E-state index is 11.1. The van der Waals surface area contributed by atoms with Crippen LogP contribution in [0, 0.1) is 0 Å². The van der Waals surface area contributed by atoms with E-state index in [1.54, 1.807) is 12.1 Å². The molecule has 0 atom stereocenters. The summed E-state index contributed by atoms with van der Waals surface area (Å²) >= 11 is 4.26. The van der Waals surface area contributed by atoms with E-state index in [1.807, 2.05) is 42.5 Å². The first-order valence-electron chi connectivity index (χ1n) is 6.19. The van der Waals surface area contributed by atoms with Gasteiger partial charge in [-0.15, -0.1) is 12.6 Å². The summed E-state index contributed by atoms with van der Waals surface area (Å²) in [7, 11) is 0. The number of phenols is 1. The Morgan fingerprint density at radius 3 is 2.45 bits per heavy atom. The van der Waals surface area contributed by atoms with Crippen molar-refractivity contribution in [1.29, 1.82) is 0 Å². The molecule has 3 rings (SSSR count). The average molecular weight is 280 g/mol. The molecular weight excluding hydrogens is 268 g/mol. The van der Waals surface area contributed by atoms with Crippen molar-refractivity contribution in [2.24, 2.45) is 0 Å². The summed E-state index contributed by atoms with van der Waals surface area (Å²) in [4.78, 5) is 11.6. The largest absolute Gasteiger partial charge is 0.507 e. The van der Waals surface area contributed by atoms with Crippen molar-refractivity contribution >= 4 is 29.7 Å². The molecular formula is C17H12O2S. The number of benzene rings is 3. The number of phenolic OH excluding ortho intramolecular Hbond substituents is 1. The molecule has 1 N–H and O–H groups in total. The van der Waals surface area contributed by atoms with Gasteiger partial charge in [-0.25, -0.2) is 0 Å². The van der Waals surface area contributed by atoms with Gasteiger partial charge in [-0.1, -0.05) is 30.3 Å². The van der Waals surface area contributed by atoms with Crippen LogP contribution in [0.4, 0.5) is 0 Å². The maximum Gasteiger partial charge on any atom is 0.150 e. The maximum absolute atomic E-state index is 11.1. The average Bonchev–Trinajstić information content (AvgIpc) is 2.48. The zero-order valence-electron chi connectivity index (χ0n) is 10.6. The molecule has 0 radical (unpaired) electrons. The number of hydrogen-bond donors (Lipinski definition) is 2. The Bertz CT molecular complexity index is 795. The fraction of sp³-hybridized carbons (Fsp3) is 0. The Hall–Kier alpha value is -2.26. The third-order valence-corrected chi connectivity index (χ3v) is 3.65. The lowest BCUT2D eigenvalue weighted by Gasteiger charge is -2.10. The molecule has 98 valence electrons. The zero-order valence-corrected chi connectivity index (χ0v) is 11.5. The molecule has 3 heteroatoms. The second-order valence-corrected chi connectivity index (χ2v) is 5.10. The van der Waals surface area contributed by atoms with Crippen LogP contribution in [-0.2, 0) is 0 Å². The topological polar surface area (TPSA) is 37.3 Å². The van der Waals surface area contributed by atoms with E-state index in [4.69, 9.17) is 0 Å². The Morgan fingerprint density at radius 1 is 1.00 bits per heavy atom. The van der Waals surface area contributed by atoms with Gasteiger partial charge in [-0.3, -0.25) is 4.79 Å². The molecule has 3 aromatic rings. The summed E-state index contributed by atoms with van der Waals surface area (Å²) in [5.41, 5.74) is 2.57. The molecule has 0 amide bonds. The van der Waals surface area contributed by atoms with E-state index in [1.165, 1.54) is 0 Å². The summed E-state index contributed by atoms with van der Waals surface area (Å²) in [6.45, 7) is 0. The van der Waals surface area contributed by atoms with Crippen molar-refractivity contribution in [1.82, 2.24) is 0 Å². The Morgan fingerprint density at radius 2 is 1.75 bits per heavy atom. The lowest BCUT2D eigenvalue weighted by molar-refractivity contribution is 0.112. The smallest absolute Gasteiger partial charge is 0.150 e. The van der Waals surface area contributed by atoms with Gasteiger partial charge in [0.15, 0.2) is 0 Å². The van der Waals surface area contributed by atoms with Crippen LogP contribution in [0.25, 0.3) is 21.9 Å². The minimum absolute atomic E-state index is 0.114. The normalized spacial score (nSPS) is 10.7. The first-order valence-corrected chi connectivity index (χ1v) is 6.64. The molecule has 20 heavy (non-hydrogen) atoms. The second kappa shape index (κ2) is 5.02. The predicted molar refractivity (Wildman–Crippen MR) is 83.7 cm³/mol.